The molecule has 7 heteroatoms. The maximum absolute atomic E-state index is 9.05. The number of hydrogen-bond donors (Lipinski definition) is 0. The number of benzene rings is 2. The molecule has 0 atom stereocenters. The number of ether oxygens (including phenoxy) is 3. The van der Waals surface area contributed by atoms with Crippen molar-refractivity contribution in [2.75, 3.05) is 20.8 Å². The highest BCUT2D eigenvalue weighted by Crippen LogP contribution is 2.39. The summed E-state index contributed by atoms with van der Waals surface area (Å²) in [7, 11) is 3.26. The summed E-state index contributed by atoms with van der Waals surface area (Å²) < 4.78 is 18.7. The maximum atomic E-state index is 9.05. The third-order valence-corrected chi connectivity index (χ3v) is 5.62. The molecule has 0 amide bonds. The summed E-state index contributed by atoms with van der Waals surface area (Å²) in [6.45, 7) is 6.76. The molecule has 2 aromatic carbocycles. The lowest BCUT2D eigenvalue weighted by Crippen LogP contribution is -2.22. The highest BCUT2D eigenvalue weighted by molar-refractivity contribution is 5.70. The van der Waals surface area contributed by atoms with Crippen LogP contribution in [0, 0.1) is 32.1 Å². The van der Waals surface area contributed by atoms with Crippen LogP contribution in [0.5, 0.6) is 17.5 Å². The van der Waals surface area contributed by atoms with Gasteiger partial charge >= 0.3 is 0 Å². The Hall–Kier alpha value is -3.79. The molecule has 1 aromatic heterocycles. The van der Waals surface area contributed by atoms with Crippen LogP contribution in [-0.4, -0.2) is 30.4 Å². The molecule has 0 N–H and O–H groups in total. The van der Waals surface area contributed by atoms with E-state index < -0.39 is 0 Å². The van der Waals surface area contributed by atoms with Crippen LogP contribution in [0.4, 0.5) is 5.69 Å². The van der Waals surface area contributed by atoms with Crippen LogP contribution in [0.2, 0.25) is 0 Å². The SMILES string of the molecule is COc1cc2c(cc1OC)-c1cc(=Nc3c(C)cc(C)cc3C)nc(OCC#N)n1CC2. The summed E-state index contributed by atoms with van der Waals surface area (Å²) >= 11 is 0. The van der Waals surface area contributed by atoms with Gasteiger partial charge in [0.05, 0.1) is 25.6 Å². The van der Waals surface area contributed by atoms with Crippen LogP contribution in [-0.2, 0) is 13.0 Å². The third-order valence-electron chi connectivity index (χ3n) is 5.62. The topological polar surface area (TPSA) is 81.7 Å². The molecule has 0 saturated carbocycles. The maximum Gasteiger partial charge on any atom is 0.299 e. The molecule has 1 aliphatic heterocycles. The van der Waals surface area contributed by atoms with E-state index in [2.05, 4.69) is 24.0 Å². The van der Waals surface area contributed by atoms with Gasteiger partial charge < -0.3 is 14.2 Å². The minimum absolute atomic E-state index is 0.0860. The number of fused-ring (bicyclic) bond motifs is 3. The molecular formula is C25H26N4O3. The molecule has 164 valence electrons. The molecule has 0 spiro atoms. The van der Waals surface area contributed by atoms with Gasteiger partial charge in [-0.1, -0.05) is 17.7 Å². The molecule has 4 rings (SSSR count). The number of nitriles is 1. The Morgan fingerprint density at radius 2 is 1.72 bits per heavy atom. The molecule has 0 aliphatic carbocycles. The average molecular weight is 431 g/mol. The van der Waals surface area contributed by atoms with E-state index in [0.717, 1.165) is 40.1 Å². The van der Waals surface area contributed by atoms with Crippen molar-refractivity contribution < 1.29 is 14.2 Å². The lowest BCUT2D eigenvalue weighted by molar-refractivity contribution is 0.311. The Morgan fingerprint density at radius 3 is 2.38 bits per heavy atom. The molecule has 0 bridgehead atoms. The first-order valence-electron chi connectivity index (χ1n) is 10.4. The fourth-order valence-corrected chi connectivity index (χ4v) is 4.26. The van der Waals surface area contributed by atoms with Crippen molar-refractivity contribution in [3.63, 3.8) is 0 Å². The van der Waals surface area contributed by atoms with Crippen LogP contribution >= 0.6 is 0 Å². The summed E-state index contributed by atoms with van der Waals surface area (Å²) in [5.74, 6) is 1.35. The number of rotatable bonds is 5. The molecular weight excluding hydrogens is 404 g/mol. The van der Waals surface area contributed by atoms with Crippen molar-refractivity contribution in [1.82, 2.24) is 9.55 Å². The summed E-state index contributed by atoms with van der Waals surface area (Å²) in [5, 5.41) is 9.05. The van der Waals surface area contributed by atoms with Crippen molar-refractivity contribution in [3.8, 4) is 34.8 Å². The second kappa shape index (κ2) is 8.75. The Morgan fingerprint density at radius 1 is 1.03 bits per heavy atom. The first-order valence-corrected chi connectivity index (χ1v) is 10.4. The number of methoxy groups -OCH3 is 2. The number of hydrogen-bond acceptors (Lipinski definition) is 6. The van der Waals surface area contributed by atoms with Crippen molar-refractivity contribution in [3.05, 3.63) is 58.1 Å². The Labute approximate surface area is 187 Å². The average Bonchev–Trinajstić information content (AvgIpc) is 2.78. The van der Waals surface area contributed by atoms with Gasteiger partial charge in [0.1, 0.15) is 6.07 Å². The molecule has 7 nitrogen and oxygen atoms in total. The van der Waals surface area contributed by atoms with Gasteiger partial charge in [-0.05, 0) is 56.0 Å². The molecule has 32 heavy (non-hydrogen) atoms. The molecule has 0 saturated heterocycles. The van der Waals surface area contributed by atoms with E-state index in [-0.39, 0.29) is 6.61 Å². The van der Waals surface area contributed by atoms with E-state index in [1.807, 2.05) is 42.7 Å². The second-order valence-corrected chi connectivity index (χ2v) is 7.85. The lowest BCUT2D eigenvalue weighted by atomic mass is 9.97. The van der Waals surface area contributed by atoms with Gasteiger partial charge in [-0.25, -0.2) is 4.99 Å². The molecule has 1 aliphatic rings. The predicted octanol–water partition coefficient (Wildman–Crippen LogP) is 4.18. The third kappa shape index (κ3) is 3.92. The van der Waals surface area contributed by atoms with Crippen LogP contribution in [0.25, 0.3) is 11.3 Å². The predicted molar refractivity (Wildman–Crippen MR) is 121 cm³/mol. The quantitative estimate of drug-likeness (QED) is 0.606. The van der Waals surface area contributed by atoms with Gasteiger partial charge in [0.25, 0.3) is 6.01 Å². The fourth-order valence-electron chi connectivity index (χ4n) is 4.26. The van der Waals surface area contributed by atoms with Crippen molar-refractivity contribution in [1.29, 1.82) is 5.26 Å². The smallest absolute Gasteiger partial charge is 0.299 e. The minimum atomic E-state index is -0.0860. The van der Waals surface area contributed by atoms with E-state index in [1.54, 1.807) is 14.2 Å². The monoisotopic (exact) mass is 430 g/mol. The molecule has 0 unspecified atom stereocenters. The molecule has 0 radical (unpaired) electrons. The van der Waals surface area contributed by atoms with Crippen molar-refractivity contribution >= 4 is 5.69 Å². The zero-order valence-electron chi connectivity index (χ0n) is 19.0. The van der Waals surface area contributed by atoms with Gasteiger partial charge in [-0.3, -0.25) is 4.57 Å². The standard InChI is InChI=1S/C25H26N4O3/c1-15-10-16(2)24(17(3)11-15)27-23-14-20-19-13-22(31-5)21(30-4)12-18(19)6-8-29(20)25(28-23)32-9-7-26/h10-14H,6,8-9H2,1-5H3. The molecule has 0 fully saturated rings. The van der Waals surface area contributed by atoms with Gasteiger partial charge in [0.2, 0.25) is 0 Å². The minimum Gasteiger partial charge on any atom is -0.493 e. The van der Waals surface area contributed by atoms with Crippen LogP contribution in [0.3, 0.4) is 0 Å². The zero-order valence-corrected chi connectivity index (χ0v) is 19.0. The van der Waals surface area contributed by atoms with Crippen LogP contribution in [0.15, 0.2) is 35.3 Å². The van der Waals surface area contributed by atoms with E-state index in [1.165, 1.54) is 5.56 Å². The Balaban J connectivity index is 1.96. The summed E-state index contributed by atoms with van der Waals surface area (Å²) in [4.78, 5) is 9.50. The number of nitrogens with zero attached hydrogens (tertiary/aromatic N) is 4. The largest absolute Gasteiger partial charge is 0.493 e. The highest BCUT2D eigenvalue weighted by Gasteiger charge is 2.22. The highest BCUT2D eigenvalue weighted by atomic mass is 16.5. The van der Waals surface area contributed by atoms with Gasteiger partial charge in [-0.15, -0.1) is 0 Å². The van der Waals surface area contributed by atoms with Crippen molar-refractivity contribution in [2.45, 2.75) is 33.7 Å². The van der Waals surface area contributed by atoms with E-state index >= 15 is 0 Å². The number of aryl methyl sites for hydroxylation is 4. The van der Waals surface area contributed by atoms with Crippen LogP contribution in [0.1, 0.15) is 22.3 Å². The van der Waals surface area contributed by atoms with E-state index in [0.29, 0.717) is 29.5 Å². The zero-order chi connectivity index (χ0) is 22.8. The normalized spacial score (nSPS) is 12.6. The first-order chi connectivity index (χ1) is 15.4. The van der Waals surface area contributed by atoms with E-state index in [9.17, 15) is 0 Å². The second-order valence-electron chi connectivity index (χ2n) is 7.85. The van der Waals surface area contributed by atoms with Gasteiger partial charge in [0.15, 0.2) is 23.6 Å². The first kappa shape index (κ1) is 21.4. The number of aromatic nitrogens is 2. The Bertz CT molecular complexity index is 1280. The lowest BCUT2D eigenvalue weighted by Gasteiger charge is -2.25. The molecule has 2 heterocycles. The molecule has 3 aromatic rings. The summed E-state index contributed by atoms with van der Waals surface area (Å²) in [5.41, 5.74) is 7.85. The fraction of sp³-hybridized carbons (Fsp3) is 0.320. The van der Waals surface area contributed by atoms with E-state index in [4.69, 9.17) is 24.5 Å². The van der Waals surface area contributed by atoms with Crippen molar-refractivity contribution in [2.24, 2.45) is 4.99 Å². The summed E-state index contributed by atoms with van der Waals surface area (Å²) in [6.07, 6.45) is 0.782. The van der Waals surface area contributed by atoms with Gasteiger partial charge in [-0.2, -0.15) is 10.2 Å². The van der Waals surface area contributed by atoms with Gasteiger partial charge in [0, 0.05) is 18.2 Å². The Kier molecular flexibility index (Phi) is 5.87. The van der Waals surface area contributed by atoms with Crippen LogP contribution < -0.4 is 19.7 Å². The summed E-state index contributed by atoms with van der Waals surface area (Å²) in [6, 6.07) is 12.6.